The molecule has 158 valence electrons. The van der Waals surface area contributed by atoms with Crippen molar-refractivity contribution in [2.75, 3.05) is 6.54 Å². The van der Waals surface area contributed by atoms with Crippen molar-refractivity contribution in [3.8, 4) is 5.75 Å². The summed E-state index contributed by atoms with van der Waals surface area (Å²) in [5.74, 6) is 0.0905. The smallest absolute Gasteiger partial charge is 0.336 e. The van der Waals surface area contributed by atoms with Gasteiger partial charge in [0.15, 0.2) is 6.10 Å². The van der Waals surface area contributed by atoms with Gasteiger partial charge in [-0.3, -0.25) is 4.79 Å². The lowest BCUT2D eigenvalue weighted by molar-refractivity contribution is -0.127. The van der Waals surface area contributed by atoms with Gasteiger partial charge in [-0.05, 0) is 43.0 Å². The molecule has 0 aliphatic carbocycles. The van der Waals surface area contributed by atoms with Gasteiger partial charge in [0.25, 0.3) is 5.91 Å². The molecule has 3 rings (SSSR count). The molecular formula is C24H27NO5. The van der Waals surface area contributed by atoms with E-state index >= 15 is 0 Å². The second-order valence-electron chi connectivity index (χ2n) is 7.28. The van der Waals surface area contributed by atoms with E-state index in [4.69, 9.17) is 9.15 Å². The number of aliphatic hydroxyl groups is 1. The molecule has 1 aromatic heterocycles. The van der Waals surface area contributed by atoms with Crippen LogP contribution in [0.15, 0.2) is 63.8 Å². The Morgan fingerprint density at radius 2 is 1.93 bits per heavy atom. The standard InChI is InChI=1S/C24H27NO5/c1-3-4-8-18-13-23(27)30-22-14-19(11-12-20(18)22)29-16(2)24(28)25-15-21(26)17-9-6-5-7-10-17/h5-7,9-14,16,21,26H,3-4,8,15H2,1-2H3,(H,25,28)/t16-,21-/m1/s1. The number of carbonyl (C=O) groups excluding carboxylic acids is 1. The van der Waals surface area contributed by atoms with Gasteiger partial charge in [-0.1, -0.05) is 43.7 Å². The van der Waals surface area contributed by atoms with E-state index in [2.05, 4.69) is 12.2 Å². The average molecular weight is 409 g/mol. The van der Waals surface area contributed by atoms with E-state index in [1.165, 1.54) is 6.07 Å². The van der Waals surface area contributed by atoms with Crippen LogP contribution in [0.5, 0.6) is 5.75 Å². The largest absolute Gasteiger partial charge is 0.481 e. The maximum absolute atomic E-state index is 12.4. The lowest BCUT2D eigenvalue weighted by atomic mass is 10.0. The average Bonchev–Trinajstić information content (AvgIpc) is 2.75. The van der Waals surface area contributed by atoms with Crippen molar-refractivity contribution in [1.82, 2.24) is 5.32 Å². The van der Waals surface area contributed by atoms with E-state index in [0.29, 0.717) is 11.3 Å². The van der Waals surface area contributed by atoms with Gasteiger partial charge >= 0.3 is 5.63 Å². The second kappa shape index (κ2) is 10.1. The molecule has 0 unspecified atom stereocenters. The van der Waals surface area contributed by atoms with Gasteiger partial charge in [-0.25, -0.2) is 4.79 Å². The van der Waals surface area contributed by atoms with Crippen molar-refractivity contribution in [3.63, 3.8) is 0 Å². The van der Waals surface area contributed by atoms with Crippen LogP contribution in [0, 0.1) is 0 Å². The minimum atomic E-state index is -0.793. The zero-order valence-electron chi connectivity index (χ0n) is 17.3. The third kappa shape index (κ3) is 5.48. The predicted octanol–water partition coefficient (Wildman–Crippen LogP) is 3.75. The highest BCUT2D eigenvalue weighted by Crippen LogP contribution is 2.24. The van der Waals surface area contributed by atoms with E-state index in [-0.39, 0.29) is 12.5 Å². The van der Waals surface area contributed by atoms with Crippen molar-refractivity contribution >= 4 is 16.9 Å². The van der Waals surface area contributed by atoms with Gasteiger partial charge in [0.2, 0.25) is 0 Å². The number of hydrogen-bond donors (Lipinski definition) is 2. The van der Waals surface area contributed by atoms with Gasteiger partial charge in [-0.2, -0.15) is 0 Å². The summed E-state index contributed by atoms with van der Waals surface area (Å²) in [6, 6.07) is 15.9. The fourth-order valence-electron chi connectivity index (χ4n) is 3.25. The van der Waals surface area contributed by atoms with Crippen LogP contribution < -0.4 is 15.7 Å². The maximum atomic E-state index is 12.4. The molecule has 0 bridgehead atoms. The van der Waals surface area contributed by atoms with E-state index in [1.54, 1.807) is 31.2 Å². The van der Waals surface area contributed by atoms with Crippen LogP contribution >= 0.6 is 0 Å². The van der Waals surface area contributed by atoms with Crippen molar-refractivity contribution in [2.45, 2.75) is 45.3 Å². The lowest BCUT2D eigenvalue weighted by Crippen LogP contribution is -2.38. The number of aliphatic hydroxyl groups excluding tert-OH is 1. The summed E-state index contributed by atoms with van der Waals surface area (Å²) in [5, 5.41) is 13.7. The van der Waals surface area contributed by atoms with Gasteiger partial charge in [0, 0.05) is 24.1 Å². The Labute approximate surface area is 175 Å². The number of nitrogens with one attached hydrogen (secondary N) is 1. The van der Waals surface area contributed by atoms with Crippen molar-refractivity contribution < 1.29 is 19.1 Å². The van der Waals surface area contributed by atoms with E-state index in [9.17, 15) is 14.7 Å². The fourth-order valence-corrected chi connectivity index (χ4v) is 3.25. The Morgan fingerprint density at radius 1 is 1.17 bits per heavy atom. The monoisotopic (exact) mass is 409 g/mol. The minimum Gasteiger partial charge on any atom is -0.481 e. The number of fused-ring (bicyclic) bond motifs is 1. The fraction of sp³-hybridized carbons (Fsp3) is 0.333. The molecule has 2 aromatic carbocycles. The van der Waals surface area contributed by atoms with Gasteiger partial charge in [0.05, 0.1) is 6.10 Å². The predicted molar refractivity (Wildman–Crippen MR) is 116 cm³/mol. The molecule has 0 spiro atoms. The second-order valence-corrected chi connectivity index (χ2v) is 7.28. The van der Waals surface area contributed by atoms with E-state index in [1.807, 2.05) is 24.3 Å². The van der Waals surface area contributed by atoms with E-state index < -0.39 is 17.8 Å². The SMILES string of the molecule is CCCCc1cc(=O)oc2cc(O[C@H](C)C(=O)NC[C@@H](O)c3ccccc3)ccc12. The molecule has 0 saturated carbocycles. The topological polar surface area (TPSA) is 88.8 Å². The van der Waals surface area contributed by atoms with Gasteiger partial charge < -0.3 is 19.6 Å². The third-order valence-electron chi connectivity index (χ3n) is 4.94. The molecule has 1 amide bonds. The van der Waals surface area contributed by atoms with Gasteiger partial charge in [-0.15, -0.1) is 0 Å². The van der Waals surface area contributed by atoms with Crippen LogP contribution in [-0.2, 0) is 11.2 Å². The van der Waals surface area contributed by atoms with Crippen LogP contribution in [0.4, 0.5) is 0 Å². The number of hydrogen-bond acceptors (Lipinski definition) is 5. The summed E-state index contributed by atoms with van der Waals surface area (Å²) in [6.07, 6.45) is 1.26. The van der Waals surface area contributed by atoms with E-state index in [0.717, 1.165) is 35.8 Å². The summed E-state index contributed by atoms with van der Waals surface area (Å²) in [6.45, 7) is 3.82. The zero-order valence-corrected chi connectivity index (χ0v) is 17.3. The molecule has 0 fully saturated rings. The van der Waals surface area contributed by atoms with Crippen LogP contribution in [0.1, 0.15) is 43.9 Å². The molecule has 3 aromatic rings. The minimum absolute atomic E-state index is 0.0872. The Balaban J connectivity index is 1.64. The summed E-state index contributed by atoms with van der Waals surface area (Å²) >= 11 is 0. The van der Waals surface area contributed by atoms with Crippen molar-refractivity contribution in [1.29, 1.82) is 0 Å². The number of carbonyl (C=O) groups is 1. The first kappa shape index (κ1) is 21.6. The normalized spacial score (nSPS) is 13.0. The summed E-state index contributed by atoms with van der Waals surface area (Å²) < 4.78 is 11.1. The molecule has 0 aliphatic heterocycles. The highest BCUT2D eigenvalue weighted by molar-refractivity contribution is 5.83. The summed E-state index contributed by atoms with van der Waals surface area (Å²) in [4.78, 5) is 24.2. The van der Waals surface area contributed by atoms with Crippen LogP contribution in [0.3, 0.4) is 0 Å². The molecule has 0 radical (unpaired) electrons. The molecule has 0 aliphatic rings. The van der Waals surface area contributed by atoms with Crippen LogP contribution in [-0.4, -0.2) is 23.7 Å². The highest BCUT2D eigenvalue weighted by Gasteiger charge is 2.17. The van der Waals surface area contributed by atoms with Gasteiger partial charge in [0.1, 0.15) is 11.3 Å². The number of aryl methyl sites for hydroxylation is 1. The number of ether oxygens (including phenoxy) is 1. The third-order valence-corrected chi connectivity index (χ3v) is 4.94. The molecule has 1 heterocycles. The van der Waals surface area contributed by atoms with Crippen molar-refractivity contribution in [3.05, 3.63) is 76.1 Å². The molecule has 0 saturated heterocycles. The Bertz CT molecular complexity index is 1040. The number of amides is 1. The molecule has 2 N–H and O–H groups in total. The van der Waals surface area contributed by atoms with Crippen molar-refractivity contribution in [2.24, 2.45) is 0 Å². The number of unbranched alkanes of at least 4 members (excludes halogenated alkanes) is 1. The first-order valence-corrected chi connectivity index (χ1v) is 10.2. The molecule has 2 atom stereocenters. The molecular weight excluding hydrogens is 382 g/mol. The van der Waals surface area contributed by atoms with Crippen LogP contribution in [0.2, 0.25) is 0 Å². The highest BCUT2D eigenvalue weighted by atomic mass is 16.5. The lowest BCUT2D eigenvalue weighted by Gasteiger charge is -2.17. The molecule has 6 nitrogen and oxygen atoms in total. The number of rotatable bonds is 9. The molecule has 6 heteroatoms. The summed E-state index contributed by atoms with van der Waals surface area (Å²) in [7, 11) is 0. The summed E-state index contributed by atoms with van der Waals surface area (Å²) in [5.41, 5.74) is 1.73. The molecule has 30 heavy (non-hydrogen) atoms. The van der Waals surface area contributed by atoms with Crippen LogP contribution in [0.25, 0.3) is 11.0 Å². The number of benzene rings is 2. The Hall–Kier alpha value is -3.12. The zero-order chi connectivity index (χ0) is 21.5. The quantitative estimate of drug-likeness (QED) is 0.526. The first-order valence-electron chi connectivity index (χ1n) is 10.2. The first-order chi connectivity index (χ1) is 14.5. The maximum Gasteiger partial charge on any atom is 0.336 e. The Kier molecular flexibility index (Phi) is 7.25. The Morgan fingerprint density at radius 3 is 2.67 bits per heavy atom.